The Kier molecular flexibility index (Phi) is 7.33. The second-order valence-corrected chi connectivity index (χ2v) is 9.36. The van der Waals surface area contributed by atoms with Crippen LogP contribution in [0, 0.1) is 0 Å². The summed E-state index contributed by atoms with van der Waals surface area (Å²) in [4.78, 5) is 12.4. The van der Waals surface area contributed by atoms with Crippen LogP contribution in [0.2, 0.25) is 5.02 Å². The second kappa shape index (κ2) is 9.96. The molecule has 0 bridgehead atoms. The summed E-state index contributed by atoms with van der Waals surface area (Å²) in [7, 11) is -3.99. The predicted octanol–water partition coefficient (Wildman–Crippen LogP) is 3.85. The van der Waals surface area contributed by atoms with Crippen LogP contribution in [0.5, 0.6) is 0 Å². The Hall–Kier alpha value is -2.87. The largest absolute Gasteiger partial charge is 0.394 e. The Morgan fingerprint density at radius 2 is 1.71 bits per heavy atom. The summed E-state index contributed by atoms with van der Waals surface area (Å²) < 4.78 is 28.5. The van der Waals surface area contributed by atoms with Crippen molar-refractivity contribution in [1.82, 2.24) is 5.32 Å². The van der Waals surface area contributed by atoms with Crippen molar-refractivity contribution in [3.8, 4) is 0 Å². The van der Waals surface area contributed by atoms with Gasteiger partial charge in [-0.05, 0) is 55.0 Å². The fourth-order valence-corrected chi connectivity index (χ4v) is 4.57. The van der Waals surface area contributed by atoms with E-state index in [9.17, 15) is 13.2 Å². The number of aliphatic hydroxyl groups excluding tert-OH is 1. The molecule has 2 N–H and O–H groups in total. The van der Waals surface area contributed by atoms with E-state index in [1.807, 2.05) is 30.3 Å². The molecule has 0 aliphatic carbocycles. The first kappa shape index (κ1) is 22.8. The molecule has 162 valence electrons. The number of rotatable bonds is 8. The van der Waals surface area contributed by atoms with Crippen LogP contribution in [0.4, 0.5) is 5.69 Å². The SMILES string of the molecule is CC(CO)NC(=O)c1cccc(S(=O)(=O)N(Cc2ccccc2)c2ccc(Cl)cc2)c1. The van der Waals surface area contributed by atoms with Crippen molar-refractivity contribution in [3.05, 3.63) is 95.0 Å². The molecule has 0 aliphatic heterocycles. The van der Waals surface area contributed by atoms with Crippen LogP contribution in [-0.4, -0.2) is 32.1 Å². The summed E-state index contributed by atoms with van der Waals surface area (Å²) >= 11 is 5.99. The van der Waals surface area contributed by atoms with Crippen molar-refractivity contribution in [2.24, 2.45) is 0 Å². The lowest BCUT2D eigenvalue weighted by Gasteiger charge is -2.25. The highest BCUT2D eigenvalue weighted by Gasteiger charge is 2.26. The monoisotopic (exact) mass is 458 g/mol. The lowest BCUT2D eigenvalue weighted by atomic mass is 10.2. The molecule has 0 aliphatic rings. The maximum Gasteiger partial charge on any atom is 0.264 e. The van der Waals surface area contributed by atoms with Gasteiger partial charge in [-0.1, -0.05) is 48.0 Å². The number of anilines is 1. The Morgan fingerprint density at radius 1 is 1.03 bits per heavy atom. The van der Waals surface area contributed by atoms with Crippen LogP contribution in [0.1, 0.15) is 22.8 Å². The van der Waals surface area contributed by atoms with Crippen molar-refractivity contribution in [2.75, 3.05) is 10.9 Å². The number of carbonyl (C=O) groups excluding carboxylic acids is 1. The van der Waals surface area contributed by atoms with Crippen LogP contribution in [0.25, 0.3) is 0 Å². The molecule has 6 nitrogen and oxygen atoms in total. The number of halogens is 1. The quantitative estimate of drug-likeness (QED) is 0.536. The maximum absolute atomic E-state index is 13.6. The van der Waals surface area contributed by atoms with Crippen LogP contribution in [0.3, 0.4) is 0 Å². The molecular weight excluding hydrogens is 436 g/mol. The molecule has 1 atom stereocenters. The molecule has 0 spiro atoms. The number of nitrogens with zero attached hydrogens (tertiary/aromatic N) is 1. The predicted molar refractivity (Wildman–Crippen MR) is 122 cm³/mol. The molecule has 31 heavy (non-hydrogen) atoms. The molecule has 1 amide bonds. The van der Waals surface area contributed by atoms with E-state index >= 15 is 0 Å². The number of sulfonamides is 1. The van der Waals surface area contributed by atoms with Gasteiger partial charge in [0.05, 0.1) is 23.7 Å². The maximum atomic E-state index is 13.6. The molecule has 0 radical (unpaired) electrons. The van der Waals surface area contributed by atoms with E-state index in [4.69, 9.17) is 16.7 Å². The van der Waals surface area contributed by atoms with E-state index < -0.39 is 22.0 Å². The van der Waals surface area contributed by atoms with Gasteiger partial charge in [-0.3, -0.25) is 9.10 Å². The van der Waals surface area contributed by atoms with Gasteiger partial charge in [0.1, 0.15) is 0 Å². The molecule has 3 aromatic carbocycles. The zero-order valence-electron chi connectivity index (χ0n) is 16.9. The first-order valence-corrected chi connectivity index (χ1v) is 11.5. The van der Waals surface area contributed by atoms with Gasteiger partial charge in [-0.25, -0.2) is 8.42 Å². The zero-order chi connectivity index (χ0) is 22.4. The molecule has 3 aromatic rings. The Morgan fingerprint density at radius 3 is 2.35 bits per heavy atom. The first-order chi connectivity index (χ1) is 14.8. The fourth-order valence-electron chi connectivity index (χ4n) is 2.95. The second-order valence-electron chi connectivity index (χ2n) is 7.06. The number of nitrogens with one attached hydrogen (secondary N) is 1. The minimum absolute atomic E-state index is 0.0114. The summed E-state index contributed by atoms with van der Waals surface area (Å²) in [6, 6.07) is 21.2. The minimum atomic E-state index is -3.99. The van der Waals surface area contributed by atoms with E-state index in [2.05, 4.69) is 5.32 Å². The highest BCUT2D eigenvalue weighted by Crippen LogP contribution is 2.27. The number of aliphatic hydroxyl groups is 1. The van der Waals surface area contributed by atoms with Crippen LogP contribution >= 0.6 is 11.6 Å². The van der Waals surface area contributed by atoms with E-state index in [1.165, 1.54) is 28.6 Å². The minimum Gasteiger partial charge on any atom is -0.394 e. The van der Waals surface area contributed by atoms with Crippen LogP contribution in [0.15, 0.2) is 83.8 Å². The number of amides is 1. The van der Waals surface area contributed by atoms with Gasteiger partial charge in [0.15, 0.2) is 0 Å². The molecule has 8 heteroatoms. The summed E-state index contributed by atoms with van der Waals surface area (Å²) in [5, 5.41) is 12.3. The number of benzene rings is 3. The van der Waals surface area contributed by atoms with Gasteiger partial charge in [0, 0.05) is 16.6 Å². The standard InChI is InChI=1S/C23H23ClN2O4S/c1-17(16-27)25-23(28)19-8-5-9-22(14-19)31(29,30)26(15-18-6-3-2-4-7-18)21-12-10-20(24)11-13-21/h2-14,17,27H,15-16H2,1H3,(H,25,28). The highest BCUT2D eigenvalue weighted by molar-refractivity contribution is 7.92. The summed E-state index contributed by atoms with van der Waals surface area (Å²) in [6.45, 7) is 1.55. The van der Waals surface area contributed by atoms with Gasteiger partial charge in [0.2, 0.25) is 0 Å². The molecule has 0 saturated carbocycles. The van der Waals surface area contributed by atoms with Crippen molar-refractivity contribution >= 4 is 33.2 Å². The van der Waals surface area contributed by atoms with E-state index in [0.717, 1.165) is 5.56 Å². The van der Waals surface area contributed by atoms with Crippen molar-refractivity contribution in [3.63, 3.8) is 0 Å². The van der Waals surface area contributed by atoms with Crippen LogP contribution in [-0.2, 0) is 16.6 Å². The van der Waals surface area contributed by atoms with Crippen molar-refractivity contribution in [1.29, 1.82) is 0 Å². The lowest BCUT2D eigenvalue weighted by Crippen LogP contribution is -2.35. The first-order valence-electron chi connectivity index (χ1n) is 9.65. The molecule has 0 heterocycles. The van der Waals surface area contributed by atoms with Gasteiger partial charge < -0.3 is 10.4 Å². The van der Waals surface area contributed by atoms with E-state index in [0.29, 0.717) is 10.7 Å². The summed E-state index contributed by atoms with van der Waals surface area (Å²) in [5.41, 5.74) is 1.46. The summed E-state index contributed by atoms with van der Waals surface area (Å²) in [6.07, 6.45) is 0. The average molecular weight is 459 g/mol. The number of carbonyl (C=O) groups is 1. The molecule has 0 saturated heterocycles. The molecule has 0 fully saturated rings. The van der Waals surface area contributed by atoms with Crippen LogP contribution < -0.4 is 9.62 Å². The van der Waals surface area contributed by atoms with E-state index in [-0.39, 0.29) is 23.6 Å². The highest BCUT2D eigenvalue weighted by atomic mass is 35.5. The third kappa shape index (κ3) is 5.64. The molecule has 3 rings (SSSR count). The van der Waals surface area contributed by atoms with Crippen molar-refractivity contribution < 1.29 is 18.3 Å². The Labute approximate surface area is 187 Å². The lowest BCUT2D eigenvalue weighted by molar-refractivity contribution is 0.0922. The van der Waals surface area contributed by atoms with Gasteiger partial charge in [-0.15, -0.1) is 0 Å². The Balaban J connectivity index is 2.01. The van der Waals surface area contributed by atoms with Crippen molar-refractivity contribution in [2.45, 2.75) is 24.4 Å². The third-order valence-electron chi connectivity index (χ3n) is 4.62. The normalized spacial score (nSPS) is 12.2. The number of hydrogen-bond donors (Lipinski definition) is 2. The molecular formula is C23H23ClN2O4S. The average Bonchev–Trinajstić information content (AvgIpc) is 2.78. The number of hydrogen-bond acceptors (Lipinski definition) is 4. The Bertz CT molecular complexity index is 1140. The van der Waals surface area contributed by atoms with Gasteiger partial charge in [0.25, 0.3) is 15.9 Å². The fraction of sp³-hybridized carbons (Fsp3) is 0.174. The summed E-state index contributed by atoms with van der Waals surface area (Å²) in [5.74, 6) is -0.459. The van der Waals surface area contributed by atoms with Gasteiger partial charge >= 0.3 is 0 Å². The third-order valence-corrected chi connectivity index (χ3v) is 6.64. The molecule has 1 unspecified atom stereocenters. The smallest absolute Gasteiger partial charge is 0.264 e. The topological polar surface area (TPSA) is 86.7 Å². The van der Waals surface area contributed by atoms with Gasteiger partial charge in [-0.2, -0.15) is 0 Å². The molecule has 0 aromatic heterocycles. The van der Waals surface area contributed by atoms with E-state index in [1.54, 1.807) is 31.2 Å². The zero-order valence-corrected chi connectivity index (χ0v) is 18.5.